The molecule has 1 aromatic heterocycles. The number of fused-ring (bicyclic) bond motifs is 1. The first-order valence-electron chi connectivity index (χ1n) is 9.31. The number of tetrazole rings is 1. The van der Waals surface area contributed by atoms with Crippen LogP contribution in [0.15, 0.2) is 59.8 Å². The van der Waals surface area contributed by atoms with Gasteiger partial charge in [0.2, 0.25) is 11.1 Å². The topological polar surface area (TPSA) is 73.1 Å². The Kier molecular flexibility index (Phi) is 4.48. The summed E-state index contributed by atoms with van der Waals surface area (Å²) in [6.07, 6.45) is 2.19. The molecular weight excluding hydrogens is 374 g/mol. The van der Waals surface area contributed by atoms with E-state index in [1.54, 1.807) is 0 Å². The van der Waals surface area contributed by atoms with Crippen molar-refractivity contribution in [2.75, 3.05) is 17.3 Å². The molecule has 7 nitrogen and oxygen atoms in total. The van der Waals surface area contributed by atoms with E-state index in [1.165, 1.54) is 11.8 Å². The van der Waals surface area contributed by atoms with Gasteiger partial charge in [0.1, 0.15) is 12.4 Å². The van der Waals surface area contributed by atoms with Gasteiger partial charge in [-0.3, -0.25) is 9.69 Å². The summed E-state index contributed by atoms with van der Waals surface area (Å²) in [5, 5.41) is 12.6. The molecule has 0 N–H and O–H groups in total. The van der Waals surface area contributed by atoms with Crippen molar-refractivity contribution in [2.45, 2.75) is 30.1 Å². The number of nitrogens with zero attached hydrogens (tertiary/aromatic N) is 5. The Bertz CT molecular complexity index is 989. The van der Waals surface area contributed by atoms with Gasteiger partial charge in [-0.05, 0) is 41.0 Å². The highest BCUT2D eigenvalue weighted by atomic mass is 32.2. The predicted molar refractivity (Wildman–Crippen MR) is 105 cm³/mol. The number of benzene rings is 2. The number of carbonyl (C=O) groups excluding carboxylic acids is 1. The van der Waals surface area contributed by atoms with Crippen LogP contribution in [0.3, 0.4) is 0 Å². The third-order valence-corrected chi connectivity index (χ3v) is 5.88. The number of para-hydroxylation sites is 2. The maximum absolute atomic E-state index is 13.3. The first-order valence-corrected chi connectivity index (χ1v) is 10.3. The van der Waals surface area contributed by atoms with Gasteiger partial charge in [0.15, 0.2) is 0 Å². The first kappa shape index (κ1) is 17.2. The van der Waals surface area contributed by atoms with Crippen molar-refractivity contribution in [3.63, 3.8) is 0 Å². The number of amides is 1. The Morgan fingerprint density at radius 2 is 1.89 bits per heavy atom. The van der Waals surface area contributed by atoms with E-state index >= 15 is 0 Å². The number of ether oxygens (including phenoxy) is 1. The molecule has 0 saturated heterocycles. The van der Waals surface area contributed by atoms with Crippen molar-refractivity contribution in [3.05, 3.63) is 60.2 Å². The van der Waals surface area contributed by atoms with Gasteiger partial charge in [-0.15, -0.1) is 5.10 Å². The van der Waals surface area contributed by atoms with Gasteiger partial charge in [0.05, 0.1) is 23.5 Å². The molecule has 0 radical (unpaired) electrons. The van der Waals surface area contributed by atoms with E-state index in [1.807, 2.05) is 64.2 Å². The van der Waals surface area contributed by atoms with Crippen molar-refractivity contribution in [3.8, 4) is 5.75 Å². The summed E-state index contributed by atoms with van der Waals surface area (Å²) in [5.41, 5.74) is 1.85. The van der Waals surface area contributed by atoms with Crippen LogP contribution >= 0.6 is 11.8 Å². The van der Waals surface area contributed by atoms with E-state index in [0.29, 0.717) is 17.8 Å². The Hall–Kier alpha value is -2.87. The summed E-state index contributed by atoms with van der Waals surface area (Å²) in [7, 11) is 0. The minimum atomic E-state index is -0.163. The molecule has 2 heterocycles. The van der Waals surface area contributed by atoms with Crippen molar-refractivity contribution >= 4 is 23.4 Å². The van der Waals surface area contributed by atoms with Crippen molar-refractivity contribution in [1.82, 2.24) is 20.2 Å². The van der Waals surface area contributed by atoms with Crippen LogP contribution in [0.4, 0.5) is 5.69 Å². The molecule has 28 heavy (non-hydrogen) atoms. The molecular formula is C20H19N5O2S. The summed E-state index contributed by atoms with van der Waals surface area (Å²) < 4.78 is 7.78. The summed E-state index contributed by atoms with van der Waals surface area (Å²) in [4.78, 5) is 15.2. The van der Waals surface area contributed by atoms with Gasteiger partial charge in [-0.2, -0.15) is 0 Å². The second-order valence-electron chi connectivity index (χ2n) is 6.89. The molecule has 5 rings (SSSR count). The minimum Gasteiger partial charge on any atom is -0.489 e. The molecule has 1 fully saturated rings. The fourth-order valence-electron chi connectivity index (χ4n) is 3.44. The number of hydrogen-bond acceptors (Lipinski definition) is 6. The largest absolute Gasteiger partial charge is 0.489 e. The minimum absolute atomic E-state index is 0.0138. The summed E-state index contributed by atoms with van der Waals surface area (Å²) in [6, 6.07) is 17.9. The Morgan fingerprint density at radius 1 is 1.11 bits per heavy atom. The number of carbonyl (C=O) groups is 1. The summed E-state index contributed by atoms with van der Waals surface area (Å²) in [6.45, 7) is 0.428. The van der Waals surface area contributed by atoms with E-state index in [2.05, 4.69) is 15.5 Å². The molecule has 1 aliphatic heterocycles. The molecule has 1 aliphatic carbocycles. The molecule has 0 spiro atoms. The smallest absolute Gasteiger partial charge is 0.238 e. The monoisotopic (exact) mass is 393 g/mol. The molecule has 0 unspecified atom stereocenters. The second kappa shape index (κ2) is 7.27. The number of thioether (sulfide) groups is 1. The van der Waals surface area contributed by atoms with Crippen LogP contribution in [0.25, 0.3) is 0 Å². The fraction of sp³-hybridized carbons (Fsp3) is 0.300. The SMILES string of the molecule is O=C(CSc1nnnn1C1CC1)N1c2ccccc2OC[C@@H]1c1ccccc1. The van der Waals surface area contributed by atoms with Crippen molar-refractivity contribution in [1.29, 1.82) is 0 Å². The number of aromatic nitrogens is 4. The lowest BCUT2D eigenvalue weighted by Gasteiger charge is -2.37. The average molecular weight is 393 g/mol. The van der Waals surface area contributed by atoms with E-state index in [9.17, 15) is 4.79 Å². The van der Waals surface area contributed by atoms with Gasteiger partial charge in [-0.25, -0.2) is 4.68 Å². The lowest BCUT2D eigenvalue weighted by molar-refractivity contribution is -0.117. The number of anilines is 1. The fourth-order valence-corrected chi connectivity index (χ4v) is 4.25. The van der Waals surface area contributed by atoms with E-state index in [4.69, 9.17) is 4.74 Å². The Labute approximate surface area is 166 Å². The van der Waals surface area contributed by atoms with Crippen molar-refractivity contribution < 1.29 is 9.53 Å². The molecule has 2 aliphatic rings. The highest BCUT2D eigenvalue weighted by Crippen LogP contribution is 2.40. The molecule has 1 atom stereocenters. The molecule has 1 saturated carbocycles. The Morgan fingerprint density at radius 3 is 2.71 bits per heavy atom. The second-order valence-corrected chi connectivity index (χ2v) is 7.84. The van der Waals surface area contributed by atoms with Crippen LogP contribution in [0, 0.1) is 0 Å². The zero-order chi connectivity index (χ0) is 18.9. The highest BCUT2D eigenvalue weighted by molar-refractivity contribution is 7.99. The van der Waals surface area contributed by atoms with Crippen LogP contribution < -0.4 is 9.64 Å². The van der Waals surface area contributed by atoms with Crippen LogP contribution in [0.2, 0.25) is 0 Å². The summed E-state index contributed by atoms with van der Waals surface area (Å²) in [5.74, 6) is 1.01. The molecule has 1 amide bonds. The summed E-state index contributed by atoms with van der Waals surface area (Å²) >= 11 is 1.39. The van der Waals surface area contributed by atoms with Gasteiger partial charge >= 0.3 is 0 Å². The third-order valence-electron chi connectivity index (χ3n) is 4.97. The highest BCUT2D eigenvalue weighted by Gasteiger charge is 2.34. The standard InChI is InChI=1S/C20H19N5O2S/c26-19(13-28-20-21-22-23-25(20)15-10-11-15)24-16-8-4-5-9-18(16)27-12-17(24)14-6-2-1-3-7-14/h1-9,15,17H,10-13H2/t17-/m1/s1. The average Bonchev–Trinajstić information content (AvgIpc) is 3.49. The van der Waals surface area contributed by atoms with Gasteiger partial charge in [0, 0.05) is 0 Å². The predicted octanol–water partition coefficient (Wildman–Crippen LogP) is 3.27. The van der Waals surface area contributed by atoms with Gasteiger partial charge < -0.3 is 4.74 Å². The van der Waals surface area contributed by atoms with E-state index in [0.717, 1.165) is 29.8 Å². The molecule has 142 valence electrons. The third kappa shape index (κ3) is 3.24. The van der Waals surface area contributed by atoms with Crippen LogP contribution in [0.1, 0.15) is 30.5 Å². The lowest BCUT2D eigenvalue weighted by atomic mass is 10.0. The van der Waals surface area contributed by atoms with Gasteiger partial charge in [0.25, 0.3) is 0 Å². The van der Waals surface area contributed by atoms with E-state index in [-0.39, 0.29) is 17.7 Å². The molecule has 8 heteroatoms. The Balaban J connectivity index is 1.42. The van der Waals surface area contributed by atoms with Crippen LogP contribution in [-0.4, -0.2) is 38.5 Å². The molecule has 0 bridgehead atoms. The number of rotatable bonds is 5. The number of hydrogen-bond donors (Lipinski definition) is 0. The maximum Gasteiger partial charge on any atom is 0.238 e. The maximum atomic E-state index is 13.3. The van der Waals surface area contributed by atoms with Crippen molar-refractivity contribution in [2.24, 2.45) is 0 Å². The quantitative estimate of drug-likeness (QED) is 0.620. The zero-order valence-electron chi connectivity index (χ0n) is 15.1. The van der Waals surface area contributed by atoms with Crippen LogP contribution in [0.5, 0.6) is 5.75 Å². The normalized spacial score (nSPS) is 18.4. The molecule has 2 aromatic carbocycles. The van der Waals surface area contributed by atoms with Gasteiger partial charge in [-0.1, -0.05) is 54.2 Å². The van der Waals surface area contributed by atoms with Crippen LogP contribution in [-0.2, 0) is 4.79 Å². The zero-order valence-corrected chi connectivity index (χ0v) is 16.0. The van der Waals surface area contributed by atoms with E-state index < -0.39 is 0 Å². The lowest BCUT2D eigenvalue weighted by Crippen LogP contribution is -2.42. The molecule has 3 aromatic rings. The first-order chi connectivity index (χ1) is 13.8.